The number of carbonyl (C=O) groups excluding carboxylic acids is 1. The Bertz CT molecular complexity index is 513. The summed E-state index contributed by atoms with van der Waals surface area (Å²) in [5.41, 5.74) is 0.754. The van der Waals surface area contributed by atoms with E-state index in [0.29, 0.717) is 17.3 Å². The zero-order valence-corrected chi connectivity index (χ0v) is 12.1. The number of aliphatic hydroxyl groups excluding tert-OH is 2. The standard InChI is InChI=1S/C13H15ClN2O3S/c14-7-1-3-8(4-2-7)16-10(18)6-20-13(16)11-12(19)9(17)5-15-11/h1-4,9,11-13,15,17,19H,5-6H2/t9-,11-,12-,13+/m1/s1. The molecule has 20 heavy (non-hydrogen) atoms. The SMILES string of the molecule is O=C1CS[C@@H]([C@@H]2NC[C@@H](O)[C@H]2O)N1c1ccc(Cl)cc1. The van der Waals surface area contributed by atoms with Gasteiger partial charge in [0.05, 0.1) is 24.0 Å². The van der Waals surface area contributed by atoms with Gasteiger partial charge in [-0.1, -0.05) is 11.6 Å². The molecule has 1 aromatic rings. The van der Waals surface area contributed by atoms with Crippen molar-refractivity contribution in [1.82, 2.24) is 5.32 Å². The van der Waals surface area contributed by atoms with E-state index in [1.165, 1.54) is 11.8 Å². The molecule has 1 amide bonds. The maximum absolute atomic E-state index is 12.1. The minimum absolute atomic E-state index is 0.00212. The Balaban J connectivity index is 1.87. The van der Waals surface area contributed by atoms with Gasteiger partial charge in [-0.3, -0.25) is 9.69 Å². The highest BCUT2D eigenvalue weighted by Crippen LogP contribution is 2.35. The summed E-state index contributed by atoms with van der Waals surface area (Å²) < 4.78 is 0. The lowest BCUT2D eigenvalue weighted by Crippen LogP contribution is -2.49. The molecular formula is C13H15ClN2O3S. The predicted octanol–water partition coefficient (Wildman–Crippen LogP) is 0.440. The van der Waals surface area contributed by atoms with Gasteiger partial charge in [-0.05, 0) is 24.3 Å². The van der Waals surface area contributed by atoms with Crippen LogP contribution in [-0.2, 0) is 4.79 Å². The van der Waals surface area contributed by atoms with E-state index in [0.717, 1.165) is 5.69 Å². The van der Waals surface area contributed by atoms with Crippen molar-refractivity contribution in [2.45, 2.75) is 23.6 Å². The second kappa shape index (κ2) is 5.54. The van der Waals surface area contributed by atoms with Gasteiger partial charge >= 0.3 is 0 Å². The maximum atomic E-state index is 12.1. The van der Waals surface area contributed by atoms with Gasteiger partial charge in [-0.2, -0.15) is 0 Å². The average Bonchev–Trinajstić information content (AvgIpc) is 2.96. The van der Waals surface area contributed by atoms with E-state index in [2.05, 4.69) is 5.32 Å². The van der Waals surface area contributed by atoms with Crippen molar-refractivity contribution in [3.8, 4) is 0 Å². The summed E-state index contributed by atoms with van der Waals surface area (Å²) >= 11 is 7.34. The van der Waals surface area contributed by atoms with Crippen molar-refractivity contribution in [2.75, 3.05) is 17.2 Å². The largest absolute Gasteiger partial charge is 0.389 e. The van der Waals surface area contributed by atoms with Gasteiger partial charge in [0, 0.05) is 17.3 Å². The summed E-state index contributed by atoms with van der Waals surface area (Å²) in [5, 5.41) is 23.1. The predicted molar refractivity (Wildman–Crippen MR) is 79.0 cm³/mol. The summed E-state index contributed by atoms with van der Waals surface area (Å²) in [6, 6.07) is 6.71. The third kappa shape index (κ3) is 2.42. The van der Waals surface area contributed by atoms with Crippen molar-refractivity contribution >= 4 is 35.0 Å². The van der Waals surface area contributed by atoms with Gasteiger partial charge in [0.25, 0.3) is 0 Å². The minimum atomic E-state index is -0.867. The zero-order valence-electron chi connectivity index (χ0n) is 10.6. The van der Waals surface area contributed by atoms with Crippen LogP contribution in [0.3, 0.4) is 0 Å². The molecule has 2 fully saturated rings. The smallest absolute Gasteiger partial charge is 0.238 e. The lowest BCUT2D eigenvalue weighted by atomic mass is 10.1. The quantitative estimate of drug-likeness (QED) is 0.739. The molecule has 4 atom stereocenters. The first-order valence-electron chi connectivity index (χ1n) is 6.36. The van der Waals surface area contributed by atoms with Crippen LogP contribution in [0.2, 0.25) is 5.02 Å². The normalized spacial score (nSPS) is 34.0. The number of thioether (sulfide) groups is 1. The van der Waals surface area contributed by atoms with Crippen molar-refractivity contribution in [2.24, 2.45) is 0 Å². The highest BCUT2D eigenvalue weighted by molar-refractivity contribution is 8.01. The molecule has 3 rings (SSSR count). The third-order valence-electron chi connectivity index (χ3n) is 3.64. The number of hydrogen-bond donors (Lipinski definition) is 3. The maximum Gasteiger partial charge on any atom is 0.238 e. The number of aliphatic hydroxyl groups is 2. The molecule has 108 valence electrons. The van der Waals surface area contributed by atoms with Gasteiger partial charge in [-0.15, -0.1) is 11.8 Å². The number of nitrogens with zero attached hydrogens (tertiary/aromatic N) is 1. The fourth-order valence-electron chi connectivity index (χ4n) is 2.61. The summed E-state index contributed by atoms with van der Waals surface area (Å²) in [5.74, 6) is 0.367. The van der Waals surface area contributed by atoms with Gasteiger partial charge in [0.2, 0.25) is 5.91 Å². The second-order valence-corrected chi connectivity index (χ2v) is 6.48. The summed E-state index contributed by atoms with van der Waals surface area (Å²) in [6.45, 7) is 0.339. The number of anilines is 1. The van der Waals surface area contributed by atoms with Crippen LogP contribution in [0.25, 0.3) is 0 Å². The third-order valence-corrected chi connectivity index (χ3v) is 5.15. The number of amides is 1. The van der Waals surface area contributed by atoms with Crippen molar-refractivity contribution in [3.05, 3.63) is 29.3 Å². The first-order valence-corrected chi connectivity index (χ1v) is 7.79. The van der Waals surface area contributed by atoms with E-state index >= 15 is 0 Å². The topological polar surface area (TPSA) is 72.8 Å². The van der Waals surface area contributed by atoms with E-state index in [-0.39, 0.29) is 17.3 Å². The molecular weight excluding hydrogens is 300 g/mol. The molecule has 0 unspecified atom stereocenters. The number of halogens is 1. The van der Waals surface area contributed by atoms with Gasteiger partial charge in [0.1, 0.15) is 5.37 Å². The molecule has 3 N–H and O–H groups in total. The Morgan fingerprint density at radius 3 is 2.60 bits per heavy atom. The fraction of sp³-hybridized carbons (Fsp3) is 0.462. The average molecular weight is 315 g/mol. The number of nitrogens with one attached hydrogen (secondary N) is 1. The highest BCUT2D eigenvalue weighted by Gasteiger charge is 2.45. The van der Waals surface area contributed by atoms with E-state index in [1.807, 2.05) is 0 Å². The van der Waals surface area contributed by atoms with Gasteiger partial charge < -0.3 is 15.5 Å². The lowest BCUT2D eigenvalue weighted by Gasteiger charge is -2.30. The molecule has 0 spiro atoms. The molecule has 0 aromatic heterocycles. The van der Waals surface area contributed by atoms with Crippen molar-refractivity contribution < 1.29 is 15.0 Å². The molecule has 0 saturated carbocycles. The molecule has 0 radical (unpaired) electrons. The molecule has 5 nitrogen and oxygen atoms in total. The Hall–Kier alpha value is -0.790. The number of β-amino-alcohol motifs (C(OH)–C–C–N with tert-alkyl or cyclic N) is 1. The Morgan fingerprint density at radius 2 is 2.00 bits per heavy atom. The molecule has 2 saturated heterocycles. The fourth-order valence-corrected chi connectivity index (χ4v) is 4.04. The summed E-state index contributed by atoms with van der Waals surface area (Å²) in [4.78, 5) is 13.8. The number of rotatable bonds is 2. The number of benzene rings is 1. The van der Waals surface area contributed by atoms with Gasteiger partial charge in [-0.25, -0.2) is 0 Å². The van der Waals surface area contributed by atoms with E-state index in [4.69, 9.17) is 11.6 Å². The van der Waals surface area contributed by atoms with Crippen LogP contribution in [0, 0.1) is 0 Å². The van der Waals surface area contributed by atoms with Crippen LogP contribution < -0.4 is 10.2 Å². The Morgan fingerprint density at radius 1 is 1.30 bits per heavy atom. The first kappa shape index (κ1) is 14.2. The Labute approximate surface area is 125 Å². The van der Waals surface area contributed by atoms with Crippen LogP contribution in [0.5, 0.6) is 0 Å². The van der Waals surface area contributed by atoms with Gasteiger partial charge in [0.15, 0.2) is 0 Å². The molecule has 0 aliphatic carbocycles. The van der Waals surface area contributed by atoms with Crippen LogP contribution in [0.15, 0.2) is 24.3 Å². The highest BCUT2D eigenvalue weighted by atomic mass is 35.5. The van der Waals surface area contributed by atoms with Crippen LogP contribution in [0.4, 0.5) is 5.69 Å². The molecule has 2 heterocycles. The lowest BCUT2D eigenvalue weighted by molar-refractivity contribution is -0.116. The van der Waals surface area contributed by atoms with Crippen molar-refractivity contribution in [1.29, 1.82) is 0 Å². The molecule has 2 aliphatic heterocycles. The molecule has 2 aliphatic rings. The first-order chi connectivity index (χ1) is 9.58. The van der Waals surface area contributed by atoms with Crippen molar-refractivity contribution in [3.63, 3.8) is 0 Å². The van der Waals surface area contributed by atoms with Crippen LogP contribution in [0.1, 0.15) is 0 Å². The summed E-state index contributed by atoms with van der Waals surface area (Å²) in [6.07, 6.45) is -1.66. The number of carbonyl (C=O) groups is 1. The molecule has 7 heteroatoms. The van der Waals surface area contributed by atoms with Crippen LogP contribution in [-0.4, -0.2) is 52.0 Å². The Kier molecular flexibility index (Phi) is 3.92. The van der Waals surface area contributed by atoms with Crippen LogP contribution >= 0.6 is 23.4 Å². The van der Waals surface area contributed by atoms with E-state index < -0.39 is 12.2 Å². The molecule has 1 aromatic carbocycles. The zero-order chi connectivity index (χ0) is 14.3. The second-order valence-electron chi connectivity index (χ2n) is 4.93. The van der Waals surface area contributed by atoms with E-state index in [9.17, 15) is 15.0 Å². The summed E-state index contributed by atoms with van der Waals surface area (Å²) in [7, 11) is 0. The minimum Gasteiger partial charge on any atom is -0.389 e. The van der Waals surface area contributed by atoms with E-state index in [1.54, 1.807) is 29.2 Å². The molecule has 0 bridgehead atoms. The monoisotopic (exact) mass is 314 g/mol. The number of hydrogen-bond acceptors (Lipinski definition) is 5.